The van der Waals surface area contributed by atoms with Crippen molar-refractivity contribution in [3.05, 3.63) is 47.3 Å². The molecule has 2 aromatic rings. The first kappa shape index (κ1) is 21.4. The van der Waals surface area contributed by atoms with Gasteiger partial charge in [-0.05, 0) is 55.6 Å². The van der Waals surface area contributed by atoms with Crippen molar-refractivity contribution in [2.45, 2.75) is 32.6 Å². The summed E-state index contributed by atoms with van der Waals surface area (Å²) in [6.07, 6.45) is 4.42. The van der Waals surface area contributed by atoms with E-state index >= 15 is 4.39 Å². The lowest BCUT2D eigenvalue weighted by Crippen LogP contribution is -2.25. The number of thiocarbonyl (C=S) groups is 1. The maximum absolute atomic E-state index is 15.3. The second-order valence-corrected chi connectivity index (χ2v) is 7.89. The molecule has 1 aliphatic rings. The zero-order valence-electron chi connectivity index (χ0n) is 16.7. The van der Waals surface area contributed by atoms with E-state index in [4.69, 9.17) is 21.7 Å². The SMILES string of the molecule is Cc1ccc(-c2ccc(OCC3CCCC3)c(F)c2OC(=S)N(C)C)c(F)c1F. The second-order valence-electron chi connectivity index (χ2n) is 7.54. The number of aryl methyl sites for hydroxylation is 1. The molecule has 29 heavy (non-hydrogen) atoms. The highest BCUT2D eigenvalue weighted by Crippen LogP contribution is 2.40. The Hall–Kier alpha value is -2.28. The lowest BCUT2D eigenvalue weighted by atomic mass is 10.0. The normalized spacial score (nSPS) is 14.1. The summed E-state index contributed by atoms with van der Waals surface area (Å²) in [7, 11) is 3.29. The summed E-state index contributed by atoms with van der Waals surface area (Å²) in [5, 5.41) is -0.00825. The molecule has 7 heteroatoms. The van der Waals surface area contributed by atoms with Crippen LogP contribution in [0.1, 0.15) is 31.2 Å². The topological polar surface area (TPSA) is 21.7 Å². The first-order valence-electron chi connectivity index (χ1n) is 9.59. The van der Waals surface area contributed by atoms with E-state index in [0.29, 0.717) is 12.5 Å². The third-order valence-corrected chi connectivity index (χ3v) is 5.58. The van der Waals surface area contributed by atoms with Gasteiger partial charge in [-0.15, -0.1) is 0 Å². The first-order valence-corrected chi connectivity index (χ1v) is 9.99. The molecule has 0 saturated heterocycles. The summed E-state index contributed by atoms with van der Waals surface area (Å²) in [5.74, 6) is -2.72. The Kier molecular flexibility index (Phi) is 6.67. The average molecular weight is 424 g/mol. The minimum absolute atomic E-state index is 0.00481. The van der Waals surface area contributed by atoms with Crippen LogP contribution >= 0.6 is 12.2 Å². The van der Waals surface area contributed by atoms with Crippen LogP contribution in [0.3, 0.4) is 0 Å². The van der Waals surface area contributed by atoms with Crippen LogP contribution < -0.4 is 9.47 Å². The van der Waals surface area contributed by atoms with Gasteiger partial charge in [-0.3, -0.25) is 0 Å². The molecular weight excluding hydrogens is 399 g/mol. The van der Waals surface area contributed by atoms with Crippen LogP contribution in [0.2, 0.25) is 0 Å². The van der Waals surface area contributed by atoms with Gasteiger partial charge in [-0.1, -0.05) is 25.0 Å². The van der Waals surface area contributed by atoms with E-state index in [2.05, 4.69) is 0 Å². The summed E-state index contributed by atoms with van der Waals surface area (Å²) in [6.45, 7) is 1.86. The lowest BCUT2D eigenvalue weighted by molar-refractivity contribution is 0.240. The van der Waals surface area contributed by atoms with Crippen molar-refractivity contribution in [1.82, 2.24) is 4.90 Å². The van der Waals surface area contributed by atoms with Gasteiger partial charge < -0.3 is 14.4 Å². The van der Waals surface area contributed by atoms with E-state index in [9.17, 15) is 8.78 Å². The summed E-state index contributed by atoms with van der Waals surface area (Å²) in [4.78, 5) is 1.48. The fourth-order valence-corrected chi connectivity index (χ4v) is 3.46. The van der Waals surface area contributed by atoms with E-state index in [1.165, 1.54) is 36.1 Å². The van der Waals surface area contributed by atoms with Gasteiger partial charge in [-0.2, -0.15) is 4.39 Å². The highest BCUT2D eigenvalue weighted by molar-refractivity contribution is 7.80. The maximum atomic E-state index is 15.3. The molecule has 0 N–H and O–H groups in total. The highest BCUT2D eigenvalue weighted by atomic mass is 32.1. The van der Waals surface area contributed by atoms with E-state index in [0.717, 1.165) is 25.7 Å². The summed E-state index contributed by atoms with van der Waals surface area (Å²) < 4.78 is 55.2. The van der Waals surface area contributed by atoms with Crippen molar-refractivity contribution in [2.24, 2.45) is 5.92 Å². The summed E-state index contributed by atoms with van der Waals surface area (Å²) in [6, 6.07) is 5.72. The van der Waals surface area contributed by atoms with Crippen LogP contribution in [-0.2, 0) is 0 Å². The maximum Gasteiger partial charge on any atom is 0.264 e. The Morgan fingerprint density at radius 3 is 2.31 bits per heavy atom. The Morgan fingerprint density at radius 2 is 1.66 bits per heavy atom. The van der Waals surface area contributed by atoms with E-state index in [-0.39, 0.29) is 33.4 Å². The van der Waals surface area contributed by atoms with Crippen molar-refractivity contribution in [3.8, 4) is 22.6 Å². The smallest absolute Gasteiger partial charge is 0.264 e. The van der Waals surface area contributed by atoms with Crippen molar-refractivity contribution >= 4 is 17.4 Å². The molecule has 0 amide bonds. The van der Waals surface area contributed by atoms with Gasteiger partial charge in [0, 0.05) is 25.2 Å². The highest BCUT2D eigenvalue weighted by Gasteiger charge is 2.24. The van der Waals surface area contributed by atoms with Gasteiger partial charge in [0.1, 0.15) is 0 Å². The molecule has 1 saturated carbocycles. The molecule has 0 unspecified atom stereocenters. The standard InChI is InChI=1S/C22H24F3NO2S/c1-13-8-9-15(19(24)18(13)23)16-10-11-17(27-12-14-6-4-5-7-14)20(25)21(16)28-22(29)26(2)3/h8-11,14H,4-7,12H2,1-3H3. The molecular formula is C22H24F3NO2S. The Bertz CT molecular complexity index is 911. The summed E-state index contributed by atoms with van der Waals surface area (Å²) in [5.41, 5.74) is 0.122. The number of ether oxygens (including phenoxy) is 2. The molecule has 156 valence electrons. The van der Waals surface area contributed by atoms with Crippen molar-refractivity contribution in [3.63, 3.8) is 0 Å². The van der Waals surface area contributed by atoms with Crippen molar-refractivity contribution in [2.75, 3.05) is 20.7 Å². The van der Waals surface area contributed by atoms with Gasteiger partial charge >= 0.3 is 0 Å². The zero-order chi connectivity index (χ0) is 21.1. The Balaban J connectivity index is 2.02. The summed E-state index contributed by atoms with van der Waals surface area (Å²) >= 11 is 5.13. The molecule has 0 bridgehead atoms. The average Bonchev–Trinajstić information content (AvgIpc) is 3.21. The minimum atomic E-state index is -1.07. The molecule has 0 radical (unpaired) electrons. The van der Waals surface area contributed by atoms with Crippen LogP contribution in [0.15, 0.2) is 24.3 Å². The second kappa shape index (κ2) is 9.03. The molecule has 2 aromatic carbocycles. The molecule has 0 aromatic heterocycles. The van der Waals surface area contributed by atoms with Crippen LogP contribution in [0.25, 0.3) is 11.1 Å². The number of benzene rings is 2. The predicted octanol–water partition coefficient (Wildman–Crippen LogP) is 5.87. The van der Waals surface area contributed by atoms with Crippen LogP contribution in [0.5, 0.6) is 11.5 Å². The first-order chi connectivity index (χ1) is 13.8. The zero-order valence-corrected chi connectivity index (χ0v) is 17.5. The lowest BCUT2D eigenvalue weighted by Gasteiger charge is -2.20. The van der Waals surface area contributed by atoms with E-state index < -0.39 is 17.5 Å². The van der Waals surface area contributed by atoms with E-state index in [1.807, 2.05) is 0 Å². The van der Waals surface area contributed by atoms with Crippen molar-refractivity contribution < 1.29 is 22.6 Å². The Labute approximate surface area is 174 Å². The third-order valence-electron chi connectivity index (χ3n) is 5.13. The molecule has 3 rings (SSSR count). The van der Waals surface area contributed by atoms with Gasteiger partial charge in [-0.25, -0.2) is 8.78 Å². The van der Waals surface area contributed by atoms with Gasteiger partial charge in [0.05, 0.1) is 6.61 Å². The van der Waals surface area contributed by atoms with Gasteiger partial charge in [0.2, 0.25) is 5.82 Å². The molecule has 0 heterocycles. The molecule has 0 aliphatic heterocycles. The van der Waals surface area contributed by atoms with E-state index in [1.54, 1.807) is 14.1 Å². The minimum Gasteiger partial charge on any atom is -0.490 e. The van der Waals surface area contributed by atoms with Crippen LogP contribution in [-0.4, -0.2) is 30.8 Å². The molecule has 1 aliphatic carbocycles. The van der Waals surface area contributed by atoms with Crippen LogP contribution in [0.4, 0.5) is 13.2 Å². The Morgan fingerprint density at radius 1 is 1.00 bits per heavy atom. The monoisotopic (exact) mass is 423 g/mol. The van der Waals surface area contributed by atoms with Gasteiger partial charge in [0.15, 0.2) is 23.1 Å². The van der Waals surface area contributed by atoms with Crippen molar-refractivity contribution in [1.29, 1.82) is 0 Å². The quantitative estimate of drug-likeness (QED) is 0.561. The number of hydrogen-bond acceptors (Lipinski definition) is 3. The van der Waals surface area contributed by atoms with Gasteiger partial charge in [0.25, 0.3) is 5.17 Å². The third kappa shape index (κ3) is 4.66. The molecule has 0 spiro atoms. The number of rotatable bonds is 5. The number of hydrogen-bond donors (Lipinski definition) is 0. The molecule has 0 atom stereocenters. The molecule has 1 fully saturated rings. The fourth-order valence-electron chi connectivity index (χ4n) is 3.38. The predicted molar refractivity (Wildman–Crippen MR) is 111 cm³/mol. The fraction of sp³-hybridized carbons (Fsp3) is 0.409. The number of nitrogens with zero attached hydrogens (tertiary/aromatic N) is 1. The van der Waals surface area contributed by atoms with Crippen LogP contribution in [0, 0.1) is 30.3 Å². The number of halogens is 3. The molecule has 3 nitrogen and oxygen atoms in total. The largest absolute Gasteiger partial charge is 0.490 e.